The van der Waals surface area contributed by atoms with Crippen LogP contribution >= 0.6 is 11.3 Å². The molecule has 1 aromatic heterocycles. The summed E-state index contributed by atoms with van der Waals surface area (Å²) in [6.07, 6.45) is 1.80. The van der Waals surface area contributed by atoms with Crippen LogP contribution in [0.3, 0.4) is 0 Å². The maximum Gasteiger partial charge on any atom is 0.250 e. The summed E-state index contributed by atoms with van der Waals surface area (Å²) in [5.41, 5.74) is 1.03. The van der Waals surface area contributed by atoms with Gasteiger partial charge in [0.2, 0.25) is 0 Å². The number of allylic oxidation sites excluding steroid dienone is 1. The van der Waals surface area contributed by atoms with Crippen LogP contribution in [0.2, 0.25) is 0 Å². The summed E-state index contributed by atoms with van der Waals surface area (Å²) in [7, 11) is 1.64. The Hall–Kier alpha value is -1.88. The van der Waals surface area contributed by atoms with E-state index in [9.17, 15) is 4.79 Å². The SMILES string of the molecule is C=CCn1c(=NC(=O)C(C)C)sc2cc(OC)ccc21. The van der Waals surface area contributed by atoms with Gasteiger partial charge in [0.25, 0.3) is 5.91 Å². The summed E-state index contributed by atoms with van der Waals surface area (Å²) in [5.74, 6) is 0.583. The third-order valence-corrected chi connectivity index (χ3v) is 3.94. The molecular weight excluding hydrogens is 272 g/mol. The molecule has 0 fully saturated rings. The van der Waals surface area contributed by atoms with Gasteiger partial charge in [-0.1, -0.05) is 31.3 Å². The van der Waals surface area contributed by atoms with Crippen molar-refractivity contribution in [2.24, 2.45) is 10.9 Å². The molecule has 20 heavy (non-hydrogen) atoms. The summed E-state index contributed by atoms with van der Waals surface area (Å²) in [6, 6.07) is 5.84. The monoisotopic (exact) mass is 290 g/mol. The Morgan fingerprint density at radius 1 is 1.55 bits per heavy atom. The number of fused-ring (bicyclic) bond motifs is 1. The second-order valence-corrected chi connectivity index (χ2v) is 5.73. The van der Waals surface area contributed by atoms with Gasteiger partial charge in [-0.2, -0.15) is 4.99 Å². The van der Waals surface area contributed by atoms with E-state index in [4.69, 9.17) is 4.74 Å². The van der Waals surface area contributed by atoms with Gasteiger partial charge in [-0.25, -0.2) is 0 Å². The van der Waals surface area contributed by atoms with E-state index < -0.39 is 0 Å². The molecule has 0 spiro atoms. The van der Waals surface area contributed by atoms with Gasteiger partial charge in [-0.05, 0) is 18.2 Å². The van der Waals surface area contributed by atoms with Gasteiger partial charge in [-0.15, -0.1) is 6.58 Å². The van der Waals surface area contributed by atoms with E-state index in [-0.39, 0.29) is 11.8 Å². The van der Waals surface area contributed by atoms with Crippen molar-refractivity contribution in [3.05, 3.63) is 35.7 Å². The summed E-state index contributed by atoms with van der Waals surface area (Å²) >= 11 is 1.49. The normalized spacial score (nSPS) is 12.1. The predicted molar refractivity (Wildman–Crippen MR) is 82.0 cm³/mol. The molecule has 106 valence electrons. The highest BCUT2D eigenvalue weighted by Gasteiger charge is 2.10. The Bertz CT molecular complexity index is 710. The van der Waals surface area contributed by atoms with Crippen LogP contribution in [0.4, 0.5) is 0 Å². The zero-order valence-corrected chi connectivity index (χ0v) is 12.7. The van der Waals surface area contributed by atoms with E-state index in [1.165, 1.54) is 11.3 Å². The van der Waals surface area contributed by atoms with E-state index in [1.54, 1.807) is 13.2 Å². The molecule has 0 bridgehead atoms. The van der Waals surface area contributed by atoms with Gasteiger partial charge < -0.3 is 9.30 Å². The number of benzene rings is 1. The lowest BCUT2D eigenvalue weighted by Crippen LogP contribution is -2.17. The van der Waals surface area contributed by atoms with Crippen molar-refractivity contribution < 1.29 is 9.53 Å². The van der Waals surface area contributed by atoms with Gasteiger partial charge in [0, 0.05) is 12.5 Å². The highest BCUT2D eigenvalue weighted by Crippen LogP contribution is 2.23. The van der Waals surface area contributed by atoms with Crippen LogP contribution in [-0.4, -0.2) is 17.6 Å². The predicted octanol–water partition coefficient (Wildman–Crippen LogP) is 2.98. The number of nitrogens with zero attached hydrogens (tertiary/aromatic N) is 2. The lowest BCUT2D eigenvalue weighted by atomic mass is 10.2. The highest BCUT2D eigenvalue weighted by molar-refractivity contribution is 7.16. The van der Waals surface area contributed by atoms with E-state index in [0.29, 0.717) is 11.3 Å². The molecule has 0 aliphatic carbocycles. The van der Waals surface area contributed by atoms with Crippen LogP contribution in [0, 0.1) is 5.92 Å². The molecule has 0 N–H and O–H groups in total. The Labute approximate surface area is 122 Å². The second-order valence-electron chi connectivity index (χ2n) is 4.72. The number of methoxy groups -OCH3 is 1. The van der Waals surface area contributed by atoms with Gasteiger partial charge in [0.1, 0.15) is 5.75 Å². The minimum Gasteiger partial charge on any atom is -0.497 e. The van der Waals surface area contributed by atoms with Crippen LogP contribution in [0.15, 0.2) is 35.8 Å². The molecule has 0 aliphatic heterocycles. The fourth-order valence-corrected chi connectivity index (χ4v) is 2.87. The molecule has 0 radical (unpaired) electrons. The molecule has 0 atom stereocenters. The van der Waals surface area contributed by atoms with Gasteiger partial charge in [-0.3, -0.25) is 4.79 Å². The molecule has 0 saturated carbocycles. The molecule has 4 nitrogen and oxygen atoms in total. The first-order valence-corrected chi connectivity index (χ1v) is 7.25. The Kier molecular flexibility index (Phi) is 4.39. The van der Waals surface area contributed by atoms with Crippen LogP contribution in [-0.2, 0) is 11.3 Å². The van der Waals surface area contributed by atoms with Crippen molar-refractivity contribution in [3.8, 4) is 5.75 Å². The van der Waals surface area contributed by atoms with Crippen molar-refractivity contribution >= 4 is 27.5 Å². The lowest BCUT2D eigenvalue weighted by molar-refractivity contribution is -0.120. The number of aromatic nitrogens is 1. The summed E-state index contributed by atoms with van der Waals surface area (Å²) in [4.78, 5) is 16.8. The van der Waals surface area contributed by atoms with Crippen molar-refractivity contribution in [2.75, 3.05) is 7.11 Å². The molecular formula is C15H18N2O2S. The van der Waals surface area contributed by atoms with Crippen LogP contribution < -0.4 is 9.54 Å². The zero-order chi connectivity index (χ0) is 14.7. The topological polar surface area (TPSA) is 43.6 Å². The van der Waals surface area contributed by atoms with E-state index in [1.807, 2.05) is 36.6 Å². The number of carbonyl (C=O) groups excluding carboxylic acids is 1. The Balaban J connectivity index is 2.66. The first kappa shape index (κ1) is 14.5. The largest absolute Gasteiger partial charge is 0.497 e. The van der Waals surface area contributed by atoms with Gasteiger partial charge >= 0.3 is 0 Å². The van der Waals surface area contributed by atoms with Gasteiger partial charge in [0.15, 0.2) is 4.80 Å². The molecule has 2 aromatic rings. The summed E-state index contributed by atoms with van der Waals surface area (Å²) in [6.45, 7) is 8.08. The summed E-state index contributed by atoms with van der Waals surface area (Å²) in [5, 5.41) is 0. The maximum atomic E-state index is 11.8. The van der Waals surface area contributed by atoms with Crippen LogP contribution in [0.5, 0.6) is 5.75 Å². The molecule has 0 unspecified atom stereocenters. The van der Waals surface area contributed by atoms with Crippen molar-refractivity contribution in [1.82, 2.24) is 4.57 Å². The lowest BCUT2D eigenvalue weighted by Gasteiger charge is -2.02. The van der Waals surface area contributed by atoms with Crippen molar-refractivity contribution in [3.63, 3.8) is 0 Å². The van der Waals surface area contributed by atoms with Crippen LogP contribution in [0.1, 0.15) is 13.8 Å². The minimum absolute atomic E-state index is 0.105. The van der Waals surface area contributed by atoms with Crippen molar-refractivity contribution in [1.29, 1.82) is 0 Å². The molecule has 0 aliphatic rings. The quantitative estimate of drug-likeness (QED) is 0.812. The molecule has 0 saturated heterocycles. The number of carbonyl (C=O) groups is 1. The highest BCUT2D eigenvalue weighted by atomic mass is 32.1. The molecule has 1 amide bonds. The first-order valence-electron chi connectivity index (χ1n) is 6.43. The Morgan fingerprint density at radius 2 is 2.30 bits per heavy atom. The van der Waals surface area contributed by atoms with Crippen molar-refractivity contribution in [2.45, 2.75) is 20.4 Å². The number of hydrogen-bond donors (Lipinski definition) is 0. The molecule has 2 rings (SSSR count). The Morgan fingerprint density at radius 3 is 2.90 bits per heavy atom. The third kappa shape index (κ3) is 2.82. The fourth-order valence-electron chi connectivity index (χ4n) is 1.79. The average Bonchev–Trinajstić information content (AvgIpc) is 2.76. The molecule has 5 heteroatoms. The van der Waals surface area contributed by atoms with E-state index in [2.05, 4.69) is 11.6 Å². The number of rotatable bonds is 4. The second kappa shape index (κ2) is 6.05. The van der Waals surface area contributed by atoms with Crippen LogP contribution in [0.25, 0.3) is 10.2 Å². The summed E-state index contributed by atoms with van der Waals surface area (Å²) < 4.78 is 8.27. The van der Waals surface area contributed by atoms with E-state index in [0.717, 1.165) is 16.0 Å². The average molecular weight is 290 g/mol. The fraction of sp³-hybridized carbons (Fsp3) is 0.333. The third-order valence-electron chi connectivity index (χ3n) is 2.90. The zero-order valence-electron chi connectivity index (χ0n) is 11.9. The number of amides is 1. The first-order chi connectivity index (χ1) is 9.56. The van der Waals surface area contributed by atoms with E-state index >= 15 is 0 Å². The standard InChI is InChI=1S/C15H18N2O2S/c1-5-8-17-12-7-6-11(19-4)9-13(12)20-15(17)16-14(18)10(2)3/h5-7,9-10H,1,8H2,2-4H3. The molecule has 1 aromatic carbocycles. The minimum atomic E-state index is -0.110. The number of ether oxygens (including phenoxy) is 1. The number of thiazole rings is 1. The maximum absolute atomic E-state index is 11.8. The molecule has 1 heterocycles. The number of hydrogen-bond acceptors (Lipinski definition) is 3. The van der Waals surface area contributed by atoms with Gasteiger partial charge in [0.05, 0.1) is 17.3 Å². The smallest absolute Gasteiger partial charge is 0.250 e.